The predicted octanol–water partition coefficient (Wildman–Crippen LogP) is 4.81. The molecule has 3 rings (SSSR count). The van der Waals surface area contributed by atoms with Crippen molar-refractivity contribution in [2.24, 2.45) is 7.05 Å². The van der Waals surface area contributed by atoms with Crippen LogP contribution >= 0.6 is 23.5 Å². The van der Waals surface area contributed by atoms with Crippen molar-refractivity contribution in [1.82, 2.24) is 14.8 Å². The fourth-order valence-electron chi connectivity index (χ4n) is 2.32. The molecule has 24 heavy (non-hydrogen) atoms. The van der Waals surface area contributed by atoms with Crippen molar-refractivity contribution in [3.8, 4) is 11.4 Å². The Kier molecular flexibility index (Phi) is 5.58. The maximum absolute atomic E-state index is 12.9. The van der Waals surface area contributed by atoms with Gasteiger partial charge in [-0.2, -0.15) is 0 Å². The number of aromatic nitrogens is 3. The highest BCUT2D eigenvalue weighted by atomic mass is 32.2. The van der Waals surface area contributed by atoms with Crippen LogP contribution in [-0.4, -0.2) is 26.3 Å². The molecule has 0 spiro atoms. The minimum Gasteiger partial charge on any atom is -0.305 e. The molecule has 3 nitrogen and oxygen atoms in total. The molecule has 1 heterocycles. The fourth-order valence-corrected chi connectivity index (χ4v) is 4.11. The van der Waals surface area contributed by atoms with E-state index in [2.05, 4.69) is 29.3 Å². The second-order valence-corrected chi connectivity index (χ2v) is 7.56. The molecule has 0 atom stereocenters. The van der Waals surface area contributed by atoms with E-state index in [1.54, 1.807) is 23.5 Å². The van der Waals surface area contributed by atoms with Crippen molar-refractivity contribution in [3.63, 3.8) is 0 Å². The summed E-state index contributed by atoms with van der Waals surface area (Å²) in [5.74, 6) is 2.54. The summed E-state index contributed by atoms with van der Waals surface area (Å²) < 4.78 is 14.9. The quantitative estimate of drug-likeness (QED) is 0.467. The Morgan fingerprint density at radius 2 is 1.67 bits per heavy atom. The van der Waals surface area contributed by atoms with Crippen LogP contribution in [0.4, 0.5) is 4.39 Å². The lowest BCUT2D eigenvalue weighted by molar-refractivity contribution is 0.626. The van der Waals surface area contributed by atoms with Crippen molar-refractivity contribution in [2.45, 2.75) is 17.0 Å². The molecule has 1 aromatic heterocycles. The molecular weight excluding hydrogens is 341 g/mol. The van der Waals surface area contributed by atoms with Gasteiger partial charge in [0, 0.05) is 29.0 Å². The van der Waals surface area contributed by atoms with E-state index in [4.69, 9.17) is 0 Å². The van der Waals surface area contributed by atoms with Gasteiger partial charge in [0.25, 0.3) is 0 Å². The average Bonchev–Trinajstić information content (AvgIpc) is 2.94. The van der Waals surface area contributed by atoms with Crippen LogP contribution in [0.25, 0.3) is 11.4 Å². The molecule has 0 saturated heterocycles. The zero-order valence-electron chi connectivity index (χ0n) is 13.6. The van der Waals surface area contributed by atoms with Crippen LogP contribution in [0.5, 0.6) is 0 Å². The number of benzene rings is 2. The molecular formula is C18H18FN3S2. The lowest BCUT2D eigenvalue weighted by Gasteiger charge is -2.06. The van der Waals surface area contributed by atoms with Gasteiger partial charge in [0.15, 0.2) is 11.0 Å². The van der Waals surface area contributed by atoms with Crippen LogP contribution in [0.15, 0.2) is 58.6 Å². The minimum atomic E-state index is -0.198. The molecule has 0 radical (unpaired) electrons. The van der Waals surface area contributed by atoms with Gasteiger partial charge in [-0.05, 0) is 36.8 Å². The van der Waals surface area contributed by atoms with E-state index in [0.29, 0.717) is 0 Å². The fraction of sp³-hybridized carbons (Fsp3) is 0.222. The van der Waals surface area contributed by atoms with E-state index < -0.39 is 0 Å². The third kappa shape index (κ3) is 3.99. The van der Waals surface area contributed by atoms with E-state index >= 15 is 0 Å². The highest BCUT2D eigenvalue weighted by Crippen LogP contribution is 2.26. The monoisotopic (exact) mass is 359 g/mol. The summed E-state index contributed by atoms with van der Waals surface area (Å²) in [6, 6.07) is 14.8. The number of thioether (sulfide) groups is 2. The Hall–Kier alpha value is -1.79. The van der Waals surface area contributed by atoms with Crippen LogP contribution in [0.3, 0.4) is 0 Å². The van der Waals surface area contributed by atoms with Crippen LogP contribution in [0.2, 0.25) is 0 Å². The lowest BCUT2D eigenvalue weighted by Crippen LogP contribution is -1.97. The number of nitrogens with zero attached hydrogens (tertiary/aromatic N) is 3. The maximum Gasteiger partial charge on any atom is 0.191 e. The normalized spacial score (nSPS) is 11.0. The summed E-state index contributed by atoms with van der Waals surface area (Å²) in [5, 5.41) is 9.55. The van der Waals surface area contributed by atoms with E-state index in [1.165, 1.54) is 17.7 Å². The first-order valence-electron chi connectivity index (χ1n) is 7.61. The zero-order chi connectivity index (χ0) is 16.9. The highest BCUT2D eigenvalue weighted by Gasteiger charge is 2.12. The smallest absolute Gasteiger partial charge is 0.191 e. The van der Waals surface area contributed by atoms with Gasteiger partial charge in [-0.15, -0.1) is 22.0 Å². The first-order chi connectivity index (χ1) is 11.6. The average molecular weight is 359 g/mol. The van der Waals surface area contributed by atoms with E-state index in [0.717, 1.165) is 32.9 Å². The van der Waals surface area contributed by atoms with Crippen LogP contribution in [0, 0.1) is 12.7 Å². The lowest BCUT2D eigenvalue weighted by atomic mass is 10.1. The van der Waals surface area contributed by atoms with Gasteiger partial charge in [0.2, 0.25) is 0 Å². The Morgan fingerprint density at radius 1 is 0.958 bits per heavy atom. The topological polar surface area (TPSA) is 30.7 Å². The van der Waals surface area contributed by atoms with Gasteiger partial charge in [-0.25, -0.2) is 4.39 Å². The Balaban J connectivity index is 1.59. The molecule has 0 N–H and O–H groups in total. The molecule has 2 aromatic carbocycles. The Bertz CT molecular complexity index is 815. The highest BCUT2D eigenvalue weighted by molar-refractivity contribution is 8.02. The van der Waals surface area contributed by atoms with Crippen LogP contribution in [-0.2, 0) is 7.05 Å². The van der Waals surface area contributed by atoms with Crippen LogP contribution < -0.4 is 0 Å². The number of rotatable bonds is 6. The third-order valence-corrected chi connectivity index (χ3v) is 5.91. The predicted molar refractivity (Wildman–Crippen MR) is 99.0 cm³/mol. The van der Waals surface area contributed by atoms with Gasteiger partial charge in [0.05, 0.1) is 0 Å². The zero-order valence-corrected chi connectivity index (χ0v) is 15.2. The van der Waals surface area contributed by atoms with Gasteiger partial charge in [-0.1, -0.05) is 36.0 Å². The van der Waals surface area contributed by atoms with Gasteiger partial charge < -0.3 is 4.57 Å². The van der Waals surface area contributed by atoms with Crippen molar-refractivity contribution in [1.29, 1.82) is 0 Å². The molecule has 124 valence electrons. The second kappa shape index (κ2) is 7.85. The second-order valence-electron chi connectivity index (χ2n) is 5.33. The molecule has 0 aliphatic rings. The maximum atomic E-state index is 12.9. The minimum absolute atomic E-state index is 0.198. The summed E-state index contributed by atoms with van der Waals surface area (Å²) in [7, 11) is 2.00. The molecule has 0 aliphatic heterocycles. The summed E-state index contributed by atoms with van der Waals surface area (Å²) in [4.78, 5) is 1.08. The molecule has 3 aromatic rings. The van der Waals surface area contributed by atoms with Crippen molar-refractivity contribution in [3.05, 3.63) is 59.9 Å². The van der Waals surface area contributed by atoms with Gasteiger partial charge in [-0.3, -0.25) is 0 Å². The number of hydrogen-bond donors (Lipinski definition) is 0. The van der Waals surface area contributed by atoms with E-state index in [9.17, 15) is 4.39 Å². The first-order valence-corrected chi connectivity index (χ1v) is 9.59. The summed E-state index contributed by atoms with van der Waals surface area (Å²) in [6.07, 6.45) is 0. The van der Waals surface area contributed by atoms with E-state index in [1.807, 2.05) is 35.9 Å². The number of aryl methyl sites for hydroxylation is 1. The molecule has 0 aliphatic carbocycles. The van der Waals surface area contributed by atoms with E-state index in [-0.39, 0.29) is 5.82 Å². The third-order valence-electron chi connectivity index (χ3n) is 3.62. The molecule has 0 unspecified atom stereocenters. The van der Waals surface area contributed by atoms with Crippen molar-refractivity contribution in [2.75, 3.05) is 11.5 Å². The number of hydrogen-bond acceptors (Lipinski definition) is 4. The first kappa shape index (κ1) is 17.0. The summed E-state index contributed by atoms with van der Waals surface area (Å²) in [5.41, 5.74) is 2.30. The van der Waals surface area contributed by atoms with Gasteiger partial charge >= 0.3 is 0 Å². The van der Waals surface area contributed by atoms with Crippen molar-refractivity contribution < 1.29 is 4.39 Å². The Labute approximate surface area is 149 Å². The number of halogens is 1. The molecule has 0 bridgehead atoms. The van der Waals surface area contributed by atoms with Crippen LogP contribution in [0.1, 0.15) is 5.56 Å². The molecule has 0 saturated carbocycles. The van der Waals surface area contributed by atoms with Gasteiger partial charge in [0.1, 0.15) is 5.82 Å². The Morgan fingerprint density at radius 3 is 2.42 bits per heavy atom. The molecule has 0 fully saturated rings. The summed E-state index contributed by atoms with van der Waals surface area (Å²) in [6.45, 7) is 2.08. The summed E-state index contributed by atoms with van der Waals surface area (Å²) >= 11 is 3.40. The standard InChI is InChI=1S/C18H18FN3S2/c1-13-5-3-4-6-16(13)17-20-21-18(22(17)2)24-12-11-23-15-9-7-14(19)8-10-15/h3-10H,11-12H2,1-2H3. The molecule has 6 heteroatoms. The SMILES string of the molecule is Cc1ccccc1-c1nnc(SCCSc2ccc(F)cc2)n1C. The van der Waals surface area contributed by atoms with Crippen molar-refractivity contribution >= 4 is 23.5 Å². The largest absolute Gasteiger partial charge is 0.305 e. The molecule has 0 amide bonds.